The maximum Gasteiger partial charge on any atom is 0.124 e. The van der Waals surface area contributed by atoms with Crippen LogP contribution in [-0.2, 0) is 13.0 Å². The van der Waals surface area contributed by atoms with E-state index in [1.54, 1.807) is 0 Å². The van der Waals surface area contributed by atoms with Crippen molar-refractivity contribution in [3.63, 3.8) is 0 Å². The molecule has 0 unspecified atom stereocenters. The molecule has 1 N–H and O–H groups in total. The van der Waals surface area contributed by atoms with E-state index in [0.29, 0.717) is 11.6 Å². The zero-order chi connectivity index (χ0) is 15.9. The van der Waals surface area contributed by atoms with Gasteiger partial charge in [-0.3, -0.25) is 0 Å². The molecular weight excluding hydrogens is 301 g/mol. The Labute approximate surface area is 136 Å². The summed E-state index contributed by atoms with van der Waals surface area (Å²) in [4.78, 5) is 0. The van der Waals surface area contributed by atoms with Gasteiger partial charge in [0.25, 0.3) is 0 Å². The first-order valence-corrected chi connectivity index (χ1v) is 7.82. The Morgan fingerprint density at radius 1 is 1.14 bits per heavy atom. The molecule has 2 aromatic carbocycles. The van der Waals surface area contributed by atoms with Crippen molar-refractivity contribution in [2.75, 3.05) is 6.54 Å². The van der Waals surface area contributed by atoms with Gasteiger partial charge in [0.1, 0.15) is 11.6 Å². The van der Waals surface area contributed by atoms with Gasteiger partial charge in [0.15, 0.2) is 0 Å². The van der Waals surface area contributed by atoms with E-state index in [-0.39, 0.29) is 11.9 Å². The summed E-state index contributed by atoms with van der Waals surface area (Å²) in [6.07, 6.45) is 0.973. The van der Waals surface area contributed by atoms with Crippen LogP contribution in [0.15, 0.2) is 42.5 Å². The highest BCUT2D eigenvalue weighted by Gasteiger charge is 2.06. The van der Waals surface area contributed by atoms with Crippen LogP contribution >= 0.6 is 11.6 Å². The van der Waals surface area contributed by atoms with Crippen molar-refractivity contribution < 1.29 is 9.13 Å². The molecule has 0 bridgehead atoms. The molecule has 118 valence electrons. The number of halogens is 2. The van der Waals surface area contributed by atoms with Crippen LogP contribution < -0.4 is 10.1 Å². The summed E-state index contributed by atoms with van der Waals surface area (Å²) in [5, 5.41) is 4.07. The normalized spacial score (nSPS) is 11.0. The highest BCUT2D eigenvalue weighted by atomic mass is 35.5. The molecule has 2 aromatic rings. The summed E-state index contributed by atoms with van der Waals surface area (Å²) in [5.41, 5.74) is 2.15. The van der Waals surface area contributed by atoms with Crippen LogP contribution in [-0.4, -0.2) is 12.6 Å². The van der Waals surface area contributed by atoms with Crippen LogP contribution in [0.5, 0.6) is 5.75 Å². The van der Waals surface area contributed by atoms with Gasteiger partial charge in [-0.25, -0.2) is 4.39 Å². The third kappa shape index (κ3) is 5.32. The summed E-state index contributed by atoms with van der Waals surface area (Å²) < 4.78 is 18.6. The zero-order valence-corrected chi connectivity index (χ0v) is 13.7. The van der Waals surface area contributed by atoms with E-state index in [1.165, 1.54) is 12.1 Å². The summed E-state index contributed by atoms with van der Waals surface area (Å²) in [6, 6.07) is 12.2. The molecule has 2 nitrogen and oxygen atoms in total. The Bertz CT molecular complexity index is 599. The van der Waals surface area contributed by atoms with E-state index in [4.69, 9.17) is 16.3 Å². The second-order valence-corrected chi connectivity index (χ2v) is 5.91. The van der Waals surface area contributed by atoms with Gasteiger partial charge in [0.05, 0.1) is 6.10 Å². The van der Waals surface area contributed by atoms with Crippen molar-refractivity contribution in [1.82, 2.24) is 5.32 Å². The lowest BCUT2D eigenvalue weighted by Crippen LogP contribution is -2.18. The first kappa shape index (κ1) is 16.8. The van der Waals surface area contributed by atoms with Gasteiger partial charge in [-0.05, 0) is 62.7 Å². The zero-order valence-electron chi connectivity index (χ0n) is 12.9. The Hall–Kier alpha value is -1.58. The molecule has 0 aliphatic rings. The minimum atomic E-state index is -0.203. The van der Waals surface area contributed by atoms with Gasteiger partial charge in [0, 0.05) is 17.1 Å². The molecule has 0 saturated heterocycles. The van der Waals surface area contributed by atoms with Crippen LogP contribution in [0.4, 0.5) is 4.39 Å². The summed E-state index contributed by atoms with van der Waals surface area (Å²) in [6.45, 7) is 5.49. The third-order valence-electron chi connectivity index (χ3n) is 3.20. The Kier molecular flexibility index (Phi) is 6.22. The maximum absolute atomic E-state index is 12.8. The lowest BCUT2D eigenvalue weighted by Gasteiger charge is -2.15. The van der Waals surface area contributed by atoms with Crippen molar-refractivity contribution in [1.29, 1.82) is 0 Å². The second kappa shape index (κ2) is 8.16. The summed E-state index contributed by atoms with van der Waals surface area (Å²) in [7, 11) is 0. The van der Waals surface area contributed by atoms with E-state index in [1.807, 2.05) is 44.2 Å². The molecule has 0 radical (unpaired) electrons. The fourth-order valence-corrected chi connectivity index (χ4v) is 2.36. The molecule has 0 amide bonds. The molecule has 0 spiro atoms. The minimum absolute atomic E-state index is 0.124. The van der Waals surface area contributed by atoms with E-state index in [9.17, 15) is 4.39 Å². The fourth-order valence-electron chi connectivity index (χ4n) is 2.16. The summed E-state index contributed by atoms with van der Waals surface area (Å²) in [5.74, 6) is 0.653. The van der Waals surface area contributed by atoms with E-state index in [2.05, 4.69) is 5.32 Å². The van der Waals surface area contributed by atoms with Crippen molar-refractivity contribution in [2.24, 2.45) is 0 Å². The topological polar surface area (TPSA) is 21.3 Å². The van der Waals surface area contributed by atoms with Crippen LogP contribution in [0.25, 0.3) is 0 Å². The maximum atomic E-state index is 12.8. The molecule has 0 heterocycles. The van der Waals surface area contributed by atoms with Crippen molar-refractivity contribution in [3.05, 3.63) is 64.4 Å². The van der Waals surface area contributed by atoms with Crippen molar-refractivity contribution in [3.8, 4) is 5.75 Å². The predicted octanol–water partition coefficient (Wildman–Crippen LogP) is 4.60. The quantitative estimate of drug-likeness (QED) is 0.753. The predicted molar refractivity (Wildman–Crippen MR) is 89.0 cm³/mol. The van der Waals surface area contributed by atoms with Gasteiger partial charge in [0.2, 0.25) is 0 Å². The Morgan fingerprint density at radius 3 is 2.55 bits per heavy atom. The first-order valence-electron chi connectivity index (χ1n) is 7.45. The molecule has 0 aliphatic carbocycles. The average molecular weight is 322 g/mol. The molecule has 4 heteroatoms. The van der Waals surface area contributed by atoms with Crippen LogP contribution in [0.1, 0.15) is 25.0 Å². The van der Waals surface area contributed by atoms with E-state index >= 15 is 0 Å². The van der Waals surface area contributed by atoms with Crippen LogP contribution in [0.2, 0.25) is 5.02 Å². The standard InChI is InChI=1S/C18H21ClFNO/c1-13(2)22-18-8-5-16(19)11-15(18)12-21-10-9-14-3-6-17(20)7-4-14/h3-8,11,13,21H,9-10,12H2,1-2H3. The van der Waals surface area contributed by atoms with E-state index in [0.717, 1.165) is 29.8 Å². The Morgan fingerprint density at radius 2 is 1.86 bits per heavy atom. The molecular formula is C18H21ClFNO. The number of rotatable bonds is 7. The molecule has 0 atom stereocenters. The van der Waals surface area contributed by atoms with Crippen LogP contribution in [0, 0.1) is 5.82 Å². The second-order valence-electron chi connectivity index (χ2n) is 5.47. The van der Waals surface area contributed by atoms with Crippen molar-refractivity contribution >= 4 is 11.6 Å². The van der Waals surface area contributed by atoms with Crippen LogP contribution in [0.3, 0.4) is 0 Å². The lowest BCUT2D eigenvalue weighted by molar-refractivity contribution is 0.239. The number of hydrogen-bond donors (Lipinski definition) is 1. The van der Waals surface area contributed by atoms with Gasteiger partial charge >= 0.3 is 0 Å². The third-order valence-corrected chi connectivity index (χ3v) is 3.44. The number of hydrogen-bond acceptors (Lipinski definition) is 2. The Balaban J connectivity index is 1.88. The highest BCUT2D eigenvalue weighted by molar-refractivity contribution is 6.30. The first-order chi connectivity index (χ1) is 10.5. The largest absolute Gasteiger partial charge is 0.491 e. The molecule has 0 aromatic heterocycles. The summed E-state index contributed by atoms with van der Waals surface area (Å²) >= 11 is 6.06. The number of ether oxygens (including phenoxy) is 1. The molecule has 0 aliphatic heterocycles. The number of nitrogens with one attached hydrogen (secondary N) is 1. The van der Waals surface area contributed by atoms with E-state index < -0.39 is 0 Å². The fraction of sp³-hybridized carbons (Fsp3) is 0.333. The highest BCUT2D eigenvalue weighted by Crippen LogP contribution is 2.23. The lowest BCUT2D eigenvalue weighted by atomic mass is 10.1. The monoisotopic (exact) mass is 321 g/mol. The van der Waals surface area contributed by atoms with Gasteiger partial charge in [-0.1, -0.05) is 23.7 Å². The van der Waals surface area contributed by atoms with Gasteiger partial charge in [-0.15, -0.1) is 0 Å². The van der Waals surface area contributed by atoms with Gasteiger partial charge < -0.3 is 10.1 Å². The molecule has 22 heavy (non-hydrogen) atoms. The van der Waals surface area contributed by atoms with Gasteiger partial charge in [-0.2, -0.15) is 0 Å². The molecule has 2 rings (SSSR count). The van der Waals surface area contributed by atoms with Crippen molar-refractivity contribution in [2.45, 2.75) is 32.9 Å². The molecule has 0 saturated carbocycles. The smallest absolute Gasteiger partial charge is 0.124 e. The molecule has 0 fully saturated rings. The number of benzene rings is 2. The SMILES string of the molecule is CC(C)Oc1ccc(Cl)cc1CNCCc1ccc(F)cc1. The average Bonchev–Trinajstić information content (AvgIpc) is 2.47. The minimum Gasteiger partial charge on any atom is -0.491 e.